The van der Waals surface area contributed by atoms with E-state index >= 15 is 0 Å². The Morgan fingerprint density at radius 3 is 2.44 bits per heavy atom. The number of anilines is 1. The Bertz CT molecular complexity index is 444. The Labute approximate surface area is 102 Å². The maximum atomic E-state index is 12.4. The van der Waals surface area contributed by atoms with Crippen molar-refractivity contribution in [2.24, 2.45) is 0 Å². The van der Waals surface area contributed by atoms with Crippen LogP contribution in [-0.2, 0) is 11.0 Å². The van der Waals surface area contributed by atoms with E-state index < -0.39 is 11.7 Å². The van der Waals surface area contributed by atoms with Crippen molar-refractivity contribution in [1.29, 1.82) is 0 Å². The van der Waals surface area contributed by atoms with E-state index in [-0.39, 0.29) is 17.8 Å². The average molecular weight is 259 g/mol. The van der Waals surface area contributed by atoms with Gasteiger partial charge in [0, 0.05) is 37.8 Å². The minimum absolute atomic E-state index is 0.0806. The third-order valence-electron chi connectivity index (χ3n) is 2.91. The van der Waals surface area contributed by atoms with E-state index in [1.165, 1.54) is 0 Å². The molecule has 2 heterocycles. The summed E-state index contributed by atoms with van der Waals surface area (Å²) in [5.74, 6) is 0.397. The highest BCUT2D eigenvalue weighted by Gasteiger charge is 2.32. The van der Waals surface area contributed by atoms with Gasteiger partial charge in [-0.1, -0.05) is 0 Å². The number of aromatic nitrogens is 2. The van der Waals surface area contributed by atoms with E-state index in [4.69, 9.17) is 0 Å². The van der Waals surface area contributed by atoms with Crippen molar-refractivity contribution < 1.29 is 18.0 Å². The Kier molecular flexibility index (Phi) is 3.23. The number of ketones is 1. The second-order valence-electron chi connectivity index (χ2n) is 4.30. The second-order valence-corrected chi connectivity index (χ2v) is 4.30. The van der Waals surface area contributed by atoms with Crippen molar-refractivity contribution in [3.8, 4) is 0 Å². The SMILES string of the molecule is CC1CC(=O)CCN1c1ncc(C(F)(F)F)cn1. The van der Waals surface area contributed by atoms with E-state index in [0.29, 0.717) is 19.4 Å². The monoisotopic (exact) mass is 259 g/mol. The van der Waals surface area contributed by atoms with Gasteiger partial charge in [0.05, 0.1) is 5.56 Å². The molecule has 1 aromatic heterocycles. The van der Waals surface area contributed by atoms with E-state index in [2.05, 4.69) is 9.97 Å². The van der Waals surface area contributed by atoms with Crippen LogP contribution in [0.1, 0.15) is 25.3 Å². The van der Waals surface area contributed by atoms with E-state index in [0.717, 1.165) is 12.4 Å². The number of piperidine rings is 1. The molecular formula is C11H12F3N3O. The largest absolute Gasteiger partial charge is 0.419 e. The van der Waals surface area contributed by atoms with Gasteiger partial charge in [-0.15, -0.1) is 0 Å². The molecule has 1 aromatic rings. The zero-order chi connectivity index (χ0) is 13.3. The summed E-state index contributed by atoms with van der Waals surface area (Å²) < 4.78 is 37.1. The number of halogens is 3. The summed E-state index contributed by atoms with van der Waals surface area (Å²) in [6, 6.07) is -0.0806. The van der Waals surface area contributed by atoms with Crippen molar-refractivity contribution in [2.45, 2.75) is 32.0 Å². The highest BCUT2D eigenvalue weighted by atomic mass is 19.4. The molecule has 18 heavy (non-hydrogen) atoms. The van der Waals surface area contributed by atoms with Crippen LogP contribution < -0.4 is 4.90 Å². The molecule has 1 saturated heterocycles. The van der Waals surface area contributed by atoms with Crippen molar-refractivity contribution >= 4 is 11.7 Å². The first-order valence-electron chi connectivity index (χ1n) is 5.55. The first-order chi connectivity index (χ1) is 8.38. The highest BCUT2D eigenvalue weighted by Crippen LogP contribution is 2.29. The topological polar surface area (TPSA) is 46.1 Å². The molecule has 1 aliphatic heterocycles. The zero-order valence-electron chi connectivity index (χ0n) is 9.74. The molecule has 0 radical (unpaired) electrons. The number of hydrogen-bond donors (Lipinski definition) is 0. The average Bonchev–Trinajstić information content (AvgIpc) is 2.28. The molecule has 0 amide bonds. The van der Waals surface area contributed by atoms with Gasteiger partial charge in [0.15, 0.2) is 0 Å². The van der Waals surface area contributed by atoms with Gasteiger partial charge in [-0.25, -0.2) is 9.97 Å². The van der Waals surface area contributed by atoms with E-state index in [9.17, 15) is 18.0 Å². The van der Waals surface area contributed by atoms with Crippen LogP contribution in [0.15, 0.2) is 12.4 Å². The lowest BCUT2D eigenvalue weighted by molar-refractivity contribution is -0.138. The maximum absolute atomic E-state index is 12.4. The van der Waals surface area contributed by atoms with Crippen molar-refractivity contribution in [3.63, 3.8) is 0 Å². The summed E-state index contributed by atoms with van der Waals surface area (Å²) in [4.78, 5) is 20.4. The minimum Gasteiger partial charge on any atom is -0.337 e. The lowest BCUT2D eigenvalue weighted by Crippen LogP contribution is -2.42. The summed E-state index contributed by atoms with van der Waals surface area (Å²) in [6.45, 7) is 2.28. The van der Waals surface area contributed by atoms with Crippen LogP contribution in [0.2, 0.25) is 0 Å². The Morgan fingerprint density at radius 2 is 1.94 bits per heavy atom. The number of carbonyl (C=O) groups is 1. The normalized spacial score (nSPS) is 21.2. The molecule has 1 atom stereocenters. The fourth-order valence-corrected chi connectivity index (χ4v) is 1.92. The van der Waals surface area contributed by atoms with Gasteiger partial charge in [-0.3, -0.25) is 4.79 Å². The van der Waals surface area contributed by atoms with Crippen LogP contribution in [0.3, 0.4) is 0 Å². The summed E-state index contributed by atoms with van der Waals surface area (Å²) in [5, 5.41) is 0. The third-order valence-corrected chi connectivity index (χ3v) is 2.91. The highest BCUT2D eigenvalue weighted by molar-refractivity contribution is 5.81. The third kappa shape index (κ3) is 2.60. The van der Waals surface area contributed by atoms with Gasteiger partial charge in [0.25, 0.3) is 0 Å². The number of hydrogen-bond acceptors (Lipinski definition) is 4. The van der Waals surface area contributed by atoms with Gasteiger partial charge in [-0.05, 0) is 6.92 Å². The molecule has 98 valence electrons. The maximum Gasteiger partial charge on any atom is 0.419 e. The fraction of sp³-hybridized carbons (Fsp3) is 0.545. The number of Topliss-reactive ketones (excluding diaryl/α,β-unsaturated/α-hetero) is 1. The number of nitrogens with zero attached hydrogens (tertiary/aromatic N) is 3. The van der Waals surface area contributed by atoms with Crippen LogP contribution in [0.25, 0.3) is 0 Å². The molecular weight excluding hydrogens is 247 g/mol. The van der Waals surface area contributed by atoms with Crippen molar-refractivity contribution in [3.05, 3.63) is 18.0 Å². The van der Waals surface area contributed by atoms with Crippen LogP contribution in [0.4, 0.5) is 19.1 Å². The molecule has 1 fully saturated rings. The van der Waals surface area contributed by atoms with Gasteiger partial charge >= 0.3 is 6.18 Å². The molecule has 1 unspecified atom stereocenters. The van der Waals surface area contributed by atoms with Gasteiger partial charge < -0.3 is 4.90 Å². The van der Waals surface area contributed by atoms with Crippen LogP contribution in [0, 0.1) is 0 Å². The minimum atomic E-state index is -4.43. The molecule has 0 aromatic carbocycles. The second kappa shape index (κ2) is 4.55. The summed E-state index contributed by atoms with van der Waals surface area (Å²) in [5.41, 5.74) is -0.869. The van der Waals surface area contributed by atoms with Gasteiger partial charge in [0.1, 0.15) is 5.78 Å². The molecule has 2 rings (SSSR count). The lowest BCUT2D eigenvalue weighted by atomic mass is 10.0. The molecule has 0 spiro atoms. The fourth-order valence-electron chi connectivity index (χ4n) is 1.92. The summed E-state index contributed by atoms with van der Waals surface area (Å²) in [6.07, 6.45) is -2.13. The Balaban J connectivity index is 2.17. The zero-order valence-corrected chi connectivity index (χ0v) is 9.74. The molecule has 4 nitrogen and oxygen atoms in total. The molecule has 0 N–H and O–H groups in total. The summed E-state index contributed by atoms with van der Waals surface area (Å²) >= 11 is 0. The van der Waals surface area contributed by atoms with E-state index in [1.54, 1.807) is 4.90 Å². The Morgan fingerprint density at radius 1 is 1.33 bits per heavy atom. The van der Waals surface area contributed by atoms with Gasteiger partial charge in [0.2, 0.25) is 5.95 Å². The Hall–Kier alpha value is -1.66. The molecule has 0 saturated carbocycles. The van der Waals surface area contributed by atoms with Gasteiger partial charge in [-0.2, -0.15) is 13.2 Å². The predicted molar refractivity (Wildman–Crippen MR) is 58.1 cm³/mol. The van der Waals surface area contributed by atoms with Crippen molar-refractivity contribution in [2.75, 3.05) is 11.4 Å². The van der Waals surface area contributed by atoms with Crippen molar-refractivity contribution in [1.82, 2.24) is 9.97 Å². The first kappa shape index (κ1) is 12.8. The lowest BCUT2D eigenvalue weighted by Gasteiger charge is -2.32. The standard InChI is InChI=1S/C11H12F3N3O/c1-7-4-9(18)2-3-17(7)10-15-5-8(6-16-10)11(12,13)14/h5-7H,2-4H2,1H3. The number of carbonyl (C=O) groups excluding carboxylic acids is 1. The number of rotatable bonds is 1. The number of alkyl halides is 3. The smallest absolute Gasteiger partial charge is 0.337 e. The first-order valence-corrected chi connectivity index (χ1v) is 5.55. The molecule has 7 heteroatoms. The summed E-state index contributed by atoms with van der Waals surface area (Å²) in [7, 11) is 0. The predicted octanol–water partition coefficient (Wildman–Crippen LogP) is 2.05. The molecule has 1 aliphatic rings. The molecule has 0 bridgehead atoms. The van der Waals surface area contributed by atoms with Crippen LogP contribution in [-0.4, -0.2) is 28.3 Å². The van der Waals surface area contributed by atoms with Crippen LogP contribution >= 0.6 is 0 Å². The molecule has 0 aliphatic carbocycles. The van der Waals surface area contributed by atoms with Crippen LogP contribution in [0.5, 0.6) is 0 Å². The quantitative estimate of drug-likeness (QED) is 0.774. The van der Waals surface area contributed by atoms with E-state index in [1.807, 2.05) is 6.92 Å².